The fourth-order valence-corrected chi connectivity index (χ4v) is 3.38. The van der Waals surface area contributed by atoms with E-state index in [4.69, 9.17) is 0 Å². The van der Waals surface area contributed by atoms with Crippen molar-refractivity contribution in [2.45, 2.75) is 39.8 Å². The highest BCUT2D eigenvalue weighted by Crippen LogP contribution is 2.15. The molecule has 0 atom stereocenters. The summed E-state index contributed by atoms with van der Waals surface area (Å²) in [6.45, 7) is 8.46. The molecule has 23 heavy (non-hydrogen) atoms. The Labute approximate surface area is 154 Å². The third-order valence-electron chi connectivity index (χ3n) is 4.04. The second kappa shape index (κ2) is 10.1. The molecule has 3 heteroatoms. The molecular weight excluding hydrogens is 395 g/mol. The van der Waals surface area contributed by atoms with Gasteiger partial charge in [-0.2, -0.15) is 0 Å². The van der Waals surface area contributed by atoms with Crippen LogP contribution < -0.4 is 5.32 Å². The second-order valence-electron chi connectivity index (χ2n) is 5.97. The van der Waals surface area contributed by atoms with Gasteiger partial charge in [0.2, 0.25) is 0 Å². The van der Waals surface area contributed by atoms with Crippen molar-refractivity contribution in [3.63, 3.8) is 0 Å². The fourth-order valence-electron chi connectivity index (χ4n) is 2.67. The van der Waals surface area contributed by atoms with Gasteiger partial charge in [-0.15, -0.1) is 0 Å². The number of nitrogens with one attached hydrogen (secondary N) is 1. The quantitative estimate of drug-likeness (QED) is 0.457. The standard InChI is InChI=1S/C20H27IN2/c1-3-22-15-19-10-6-9-18(14-19)11-7-13-23(21)16-20-12-5-4-8-17(20)2/h4-6,8-10,12,14,22H,3,7,11,13,15-16H2,1-2H3. The van der Waals surface area contributed by atoms with E-state index in [0.29, 0.717) is 0 Å². The predicted molar refractivity (Wildman–Crippen MR) is 108 cm³/mol. The first-order chi connectivity index (χ1) is 11.2. The van der Waals surface area contributed by atoms with Gasteiger partial charge in [-0.25, -0.2) is 3.11 Å². The first kappa shape index (κ1) is 18.4. The molecule has 0 saturated carbocycles. The summed E-state index contributed by atoms with van der Waals surface area (Å²) in [4.78, 5) is 0. The molecule has 2 aromatic rings. The maximum absolute atomic E-state index is 3.39. The van der Waals surface area contributed by atoms with E-state index >= 15 is 0 Å². The zero-order valence-electron chi connectivity index (χ0n) is 14.2. The summed E-state index contributed by atoms with van der Waals surface area (Å²) in [6, 6.07) is 17.6. The summed E-state index contributed by atoms with van der Waals surface area (Å²) in [6.07, 6.45) is 2.34. The molecule has 0 amide bonds. The van der Waals surface area contributed by atoms with Crippen LogP contribution in [0, 0.1) is 6.92 Å². The Morgan fingerprint density at radius 2 is 1.83 bits per heavy atom. The van der Waals surface area contributed by atoms with Crippen LogP contribution in [0.3, 0.4) is 0 Å². The van der Waals surface area contributed by atoms with Gasteiger partial charge in [0.05, 0.1) is 0 Å². The van der Waals surface area contributed by atoms with E-state index in [9.17, 15) is 0 Å². The van der Waals surface area contributed by atoms with Crippen LogP contribution in [-0.2, 0) is 19.5 Å². The average Bonchev–Trinajstić information content (AvgIpc) is 2.55. The number of benzene rings is 2. The Morgan fingerprint density at radius 1 is 1.04 bits per heavy atom. The molecule has 0 aliphatic carbocycles. The van der Waals surface area contributed by atoms with Crippen LogP contribution in [-0.4, -0.2) is 16.2 Å². The minimum atomic E-state index is 0.968. The largest absolute Gasteiger partial charge is 0.313 e. The molecule has 0 radical (unpaired) electrons. The van der Waals surface area contributed by atoms with Crippen molar-refractivity contribution in [2.24, 2.45) is 0 Å². The molecule has 0 saturated heterocycles. The maximum Gasteiger partial charge on any atom is 0.0334 e. The minimum absolute atomic E-state index is 0.968. The van der Waals surface area contributed by atoms with Crippen molar-refractivity contribution in [2.75, 3.05) is 13.1 Å². The van der Waals surface area contributed by atoms with E-state index in [0.717, 1.165) is 32.6 Å². The molecule has 2 aromatic carbocycles. The number of hydrogen-bond acceptors (Lipinski definition) is 2. The zero-order chi connectivity index (χ0) is 16.5. The van der Waals surface area contributed by atoms with Crippen LogP contribution >= 0.6 is 22.9 Å². The summed E-state index contributed by atoms with van der Waals surface area (Å²) >= 11 is 2.45. The lowest BCUT2D eigenvalue weighted by atomic mass is 10.1. The summed E-state index contributed by atoms with van der Waals surface area (Å²) in [5.41, 5.74) is 5.64. The molecule has 124 valence electrons. The topological polar surface area (TPSA) is 15.3 Å². The van der Waals surface area contributed by atoms with Crippen molar-refractivity contribution < 1.29 is 0 Å². The lowest BCUT2D eigenvalue weighted by molar-refractivity contribution is 0.490. The molecule has 0 spiro atoms. The van der Waals surface area contributed by atoms with Crippen molar-refractivity contribution in [3.8, 4) is 0 Å². The average molecular weight is 422 g/mol. The summed E-state index contributed by atoms with van der Waals surface area (Å²) < 4.78 is 2.39. The number of nitrogens with zero attached hydrogens (tertiary/aromatic N) is 1. The van der Waals surface area contributed by atoms with E-state index in [1.807, 2.05) is 0 Å². The summed E-state index contributed by atoms with van der Waals surface area (Å²) in [5.74, 6) is 0. The van der Waals surface area contributed by atoms with Crippen LogP contribution in [0.5, 0.6) is 0 Å². The molecule has 0 aliphatic rings. The molecule has 0 aromatic heterocycles. The predicted octanol–water partition coefficient (Wildman–Crippen LogP) is 4.89. The Morgan fingerprint density at radius 3 is 2.61 bits per heavy atom. The van der Waals surface area contributed by atoms with Crippen LogP contribution in [0.25, 0.3) is 0 Å². The van der Waals surface area contributed by atoms with E-state index < -0.39 is 0 Å². The van der Waals surface area contributed by atoms with Gasteiger partial charge in [-0.1, -0.05) is 55.5 Å². The Balaban J connectivity index is 1.77. The number of aryl methyl sites for hydroxylation is 2. The molecule has 1 N–H and O–H groups in total. The number of halogens is 1. The van der Waals surface area contributed by atoms with Gasteiger partial charge in [0.15, 0.2) is 0 Å². The lowest BCUT2D eigenvalue weighted by Crippen LogP contribution is -2.14. The number of rotatable bonds is 9. The smallest absolute Gasteiger partial charge is 0.0334 e. The Hall–Kier alpha value is -0.910. The molecule has 2 nitrogen and oxygen atoms in total. The molecule has 0 aliphatic heterocycles. The van der Waals surface area contributed by atoms with Gasteiger partial charge < -0.3 is 5.32 Å². The molecule has 0 unspecified atom stereocenters. The van der Waals surface area contributed by atoms with E-state index in [1.54, 1.807) is 0 Å². The Kier molecular flexibility index (Phi) is 8.06. The normalized spacial score (nSPS) is 11.1. The second-order valence-corrected chi connectivity index (χ2v) is 7.34. The van der Waals surface area contributed by atoms with Crippen LogP contribution in [0.1, 0.15) is 35.6 Å². The Bertz CT molecular complexity index is 598. The maximum atomic E-state index is 3.39. The van der Waals surface area contributed by atoms with E-state index in [2.05, 4.69) is 93.7 Å². The van der Waals surface area contributed by atoms with Gasteiger partial charge in [-0.3, -0.25) is 0 Å². The molecular formula is C20H27IN2. The highest BCUT2D eigenvalue weighted by Gasteiger charge is 2.04. The number of hydrogen-bond donors (Lipinski definition) is 1. The summed E-state index contributed by atoms with van der Waals surface area (Å²) in [7, 11) is 0. The van der Waals surface area contributed by atoms with Crippen molar-refractivity contribution >= 4 is 22.9 Å². The highest BCUT2D eigenvalue weighted by molar-refractivity contribution is 14.1. The van der Waals surface area contributed by atoms with Crippen molar-refractivity contribution in [1.29, 1.82) is 0 Å². The van der Waals surface area contributed by atoms with Gasteiger partial charge in [0, 0.05) is 42.5 Å². The lowest BCUT2D eigenvalue weighted by Gasteiger charge is -2.16. The molecule has 2 rings (SSSR count). The van der Waals surface area contributed by atoms with Crippen LogP contribution in [0.4, 0.5) is 0 Å². The van der Waals surface area contributed by atoms with Gasteiger partial charge in [-0.05, 0) is 48.6 Å². The zero-order valence-corrected chi connectivity index (χ0v) is 16.3. The molecule has 0 heterocycles. The molecule has 0 bridgehead atoms. The first-order valence-corrected chi connectivity index (χ1v) is 9.39. The third kappa shape index (κ3) is 6.61. The van der Waals surface area contributed by atoms with E-state index in [-0.39, 0.29) is 0 Å². The monoisotopic (exact) mass is 422 g/mol. The van der Waals surface area contributed by atoms with Crippen molar-refractivity contribution in [3.05, 3.63) is 70.8 Å². The van der Waals surface area contributed by atoms with Gasteiger partial charge in [0.25, 0.3) is 0 Å². The SMILES string of the molecule is CCNCc1cccc(CCCN(I)Cc2ccccc2C)c1. The molecule has 0 fully saturated rings. The van der Waals surface area contributed by atoms with Crippen molar-refractivity contribution in [1.82, 2.24) is 8.43 Å². The first-order valence-electron chi connectivity index (χ1n) is 8.43. The van der Waals surface area contributed by atoms with Crippen LogP contribution in [0.2, 0.25) is 0 Å². The minimum Gasteiger partial charge on any atom is -0.313 e. The summed E-state index contributed by atoms with van der Waals surface area (Å²) in [5, 5.41) is 3.39. The van der Waals surface area contributed by atoms with Crippen LogP contribution in [0.15, 0.2) is 48.5 Å². The van der Waals surface area contributed by atoms with Gasteiger partial charge in [0.1, 0.15) is 0 Å². The van der Waals surface area contributed by atoms with Gasteiger partial charge >= 0.3 is 0 Å². The highest BCUT2D eigenvalue weighted by atomic mass is 127. The van der Waals surface area contributed by atoms with E-state index in [1.165, 1.54) is 28.7 Å². The fraction of sp³-hybridized carbons (Fsp3) is 0.400. The third-order valence-corrected chi connectivity index (χ3v) is 4.86.